The quantitative estimate of drug-likeness (QED) is 0.903. The zero-order valence-electron chi connectivity index (χ0n) is 12.8. The van der Waals surface area contributed by atoms with E-state index < -0.39 is 0 Å². The lowest BCUT2D eigenvalue weighted by Crippen LogP contribution is -2.24. The van der Waals surface area contributed by atoms with E-state index in [0.29, 0.717) is 40.3 Å². The second-order valence-electron chi connectivity index (χ2n) is 5.99. The van der Waals surface area contributed by atoms with Crippen molar-refractivity contribution >= 4 is 45.6 Å². The van der Waals surface area contributed by atoms with Crippen LogP contribution in [-0.4, -0.2) is 28.6 Å². The Morgan fingerprint density at radius 3 is 2.88 bits per heavy atom. The van der Waals surface area contributed by atoms with Crippen molar-refractivity contribution in [3.8, 4) is 0 Å². The van der Waals surface area contributed by atoms with Crippen molar-refractivity contribution in [2.45, 2.75) is 31.6 Å². The Kier molecular flexibility index (Phi) is 3.97. The molecule has 0 atom stereocenters. The molecule has 2 heterocycles. The van der Waals surface area contributed by atoms with Crippen LogP contribution in [0, 0.1) is 0 Å². The molecule has 1 saturated heterocycles. The van der Waals surface area contributed by atoms with E-state index in [2.05, 4.69) is 15.5 Å². The third-order valence-corrected chi connectivity index (χ3v) is 5.48. The van der Waals surface area contributed by atoms with Crippen LogP contribution in [0.25, 0.3) is 0 Å². The fraction of sp³-hybridized carbons (Fsp3) is 0.375. The van der Waals surface area contributed by atoms with Gasteiger partial charge in [0.2, 0.25) is 11.0 Å². The second-order valence-corrected chi connectivity index (χ2v) is 7.41. The lowest BCUT2D eigenvalue weighted by molar-refractivity contribution is -0.117. The number of anilines is 2. The monoisotopic (exact) mass is 362 g/mol. The third kappa shape index (κ3) is 3.01. The first-order valence-electron chi connectivity index (χ1n) is 7.86. The lowest BCUT2D eigenvalue weighted by atomic mass is 10.1. The van der Waals surface area contributed by atoms with E-state index >= 15 is 0 Å². The van der Waals surface area contributed by atoms with Gasteiger partial charge in [-0.3, -0.25) is 14.9 Å². The number of carbonyl (C=O) groups is 2. The van der Waals surface area contributed by atoms with Crippen LogP contribution in [0.5, 0.6) is 0 Å². The highest BCUT2D eigenvalue weighted by Gasteiger charge is 2.28. The molecule has 1 saturated carbocycles. The lowest BCUT2D eigenvalue weighted by Gasteiger charge is -2.18. The maximum atomic E-state index is 12.4. The molecule has 24 heavy (non-hydrogen) atoms. The Morgan fingerprint density at radius 2 is 2.17 bits per heavy atom. The highest BCUT2D eigenvalue weighted by molar-refractivity contribution is 7.15. The number of carbonyl (C=O) groups excluding carboxylic acids is 2. The molecule has 4 rings (SSSR count). The van der Waals surface area contributed by atoms with Gasteiger partial charge in [0, 0.05) is 24.4 Å². The van der Waals surface area contributed by atoms with E-state index in [0.717, 1.165) is 24.3 Å². The number of halogens is 1. The summed E-state index contributed by atoms with van der Waals surface area (Å²) >= 11 is 7.62. The first-order valence-corrected chi connectivity index (χ1v) is 9.06. The Morgan fingerprint density at radius 1 is 1.33 bits per heavy atom. The van der Waals surface area contributed by atoms with Crippen LogP contribution in [-0.2, 0) is 4.79 Å². The van der Waals surface area contributed by atoms with Crippen molar-refractivity contribution in [2.24, 2.45) is 0 Å². The predicted octanol–water partition coefficient (Wildman–Crippen LogP) is 3.45. The summed E-state index contributed by atoms with van der Waals surface area (Å²) in [5, 5.41) is 12.8. The molecule has 0 radical (unpaired) electrons. The van der Waals surface area contributed by atoms with Crippen LogP contribution in [0.3, 0.4) is 0 Å². The molecule has 1 aromatic carbocycles. The van der Waals surface area contributed by atoms with Crippen LogP contribution in [0.2, 0.25) is 5.02 Å². The van der Waals surface area contributed by atoms with Gasteiger partial charge < -0.3 is 4.90 Å². The topological polar surface area (TPSA) is 75.2 Å². The molecule has 2 aromatic rings. The molecule has 0 spiro atoms. The van der Waals surface area contributed by atoms with E-state index in [1.165, 1.54) is 11.3 Å². The summed E-state index contributed by atoms with van der Waals surface area (Å²) in [5.74, 6) is 0.266. The third-order valence-electron chi connectivity index (χ3n) is 4.16. The largest absolute Gasteiger partial charge is 0.311 e. The van der Waals surface area contributed by atoms with Gasteiger partial charge >= 0.3 is 0 Å². The van der Waals surface area contributed by atoms with Crippen LogP contribution >= 0.6 is 22.9 Å². The van der Waals surface area contributed by atoms with E-state index in [-0.39, 0.29) is 11.8 Å². The Labute approximate surface area is 147 Å². The molecular formula is C16H15ClN4O2S. The molecule has 6 nitrogen and oxygen atoms in total. The van der Waals surface area contributed by atoms with Gasteiger partial charge in [0.1, 0.15) is 5.01 Å². The molecule has 1 N–H and O–H groups in total. The number of aromatic nitrogens is 2. The fourth-order valence-electron chi connectivity index (χ4n) is 2.71. The summed E-state index contributed by atoms with van der Waals surface area (Å²) in [6.07, 6.45) is 3.61. The minimum Gasteiger partial charge on any atom is -0.311 e. The molecule has 1 aliphatic heterocycles. The molecule has 0 unspecified atom stereocenters. The maximum Gasteiger partial charge on any atom is 0.257 e. The maximum absolute atomic E-state index is 12.4. The summed E-state index contributed by atoms with van der Waals surface area (Å²) in [7, 11) is 0. The minimum atomic E-state index is -0.280. The summed E-state index contributed by atoms with van der Waals surface area (Å²) < 4.78 is 0. The van der Waals surface area contributed by atoms with E-state index in [4.69, 9.17) is 11.6 Å². The number of hydrogen-bond acceptors (Lipinski definition) is 5. The second kappa shape index (κ2) is 6.14. The molecule has 2 aliphatic rings. The van der Waals surface area contributed by atoms with Gasteiger partial charge in [-0.2, -0.15) is 0 Å². The van der Waals surface area contributed by atoms with Crippen molar-refractivity contribution in [1.82, 2.24) is 10.2 Å². The van der Waals surface area contributed by atoms with E-state index in [9.17, 15) is 9.59 Å². The predicted molar refractivity (Wildman–Crippen MR) is 92.9 cm³/mol. The van der Waals surface area contributed by atoms with Crippen LogP contribution in [0.1, 0.15) is 47.0 Å². The van der Waals surface area contributed by atoms with Crippen molar-refractivity contribution < 1.29 is 9.59 Å². The number of benzene rings is 1. The van der Waals surface area contributed by atoms with Crippen molar-refractivity contribution in [3.05, 3.63) is 33.8 Å². The minimum absolute atomic E-state index is 0.0349. The normalized spacial score (nSPS) is 17.4. The number of hydrogen-bond donors (Lipinski definition) is 1. The van der Waals surface area contributed by atoms with Crippen LogP contribution in [0.15, 0.2) is 18.2 Å². The first kappa shape index (κ1) is 15.5. The average molecular weight is 363 g/mol. The van der Waals surface area contributed by atoms with Gasteiger partial charge in [0.15, 0.2) is 0 Å². The highest BCUT2D eigenvalue weighted by atomic mass is 35.5. The van der Waals surface area contributed by atoms with Crippen molar-refractivity contribution in [2.75, 3.05) is 16.8 Å². The van der Waals surface area contributed by atoms with Gasteiger partial charge in [-0.05, 0) is 37.5 Å². The first-order chi connectivity index (χ1) is 11.6. The Balaban J connectivity index is 1.54. The summed E-state index contributed by atoms with van der Waals surface area (Å²) in [5.41, 5.74) is 1.03. The SMILES string of the molecule is O=C(Nc1nnc(C2CC2)s1)c1ccc(Cl)c(N2CCCC2=O)c1. The molecule has 1 aliphatic carbocycles. The molecule has 8 heteroatoms. The van der Waals surface area contributed by atoms with Gasteiger partial charge in [0.05, 0.1) is 10.7 Å². The number of nitrogens with zero attached hydrogens (tertiary/aromatic N) is 3. The van der Waals surface area contributed by atoms with Gasteiger partial charge in [-0.25, -0.2) is 0 Å². The van der Waals surface area contributed by atoms with E-state index in [1.54, 1.807) is 23.1 Å². The zero-order valence-corrected chi connectivity index (χ0v) is 14.4. The van der Waals surface area contributed by atoms with Gasteiger partial charge in [0.25, 0.3) is 5.91 Å². The van der Waals surface area contributed by atoms with Crippen molar-refractivity contribution in [3.63, 3.8) is 0 Å². The molecular weight excluding hydrogens is 348 g/mol. The highest BCUT2D eigenvalue weighted by Crippen LogP contribution is 2.42. The van der Waals surface area contributed by atoms with Crippen LogP contribution in [0.4, 0.5) is 10.8 Å². The number of amides is 2. The molecule has 2 amide bonds. The molecule has 0 bridgehead atoms. The Bertz CT molecular complexity index is 818. The smallest absolute Gasteiger partial charge is 0.257 e. The van der Waals surface area contributed by atoms with Crippen LogP contribution < -0.4 is 10.2 Å². The van der Waals surface area contributed by atoms with Gasteiger partial charge in [-0.1, -0.05) is 22.9 Å². The van der Waals surface area contributed by atoms with E-state index in [1.807, 2.05) is 0 Å². The number of rotatable bonds is 4. The molecule has 2 fully saturated rings. The Hall–Kier alpha value is -1.99. The summed E-state index contributed by atoms with van der Waals surface area (Å²) in [6.45, 7) is 0.630. The number of nitrogens with one attached hydrogen (secondary N) is 1. The summed E-state index contributed by atoms with van der Waals surface area (Å²) in [6, 6.07) is 4.95. The molecule has 1 aromatic heterocycles. The molecule has 124 valence electrons. The average Bonchev–Trinajstić information content (AvgIpc) is 3.17. The summed E-state index contributed by atoms with van der Waals surface area (Å²) in [4.78, 5) is 26.0. The van der Waals surface area contributed by atoms with Crippen molar-refractivity contribution in [1.29, 1.82) is 0 Å². The standard InChI is InChI=1S/C16H15ClN4O2S/c17-11-6-5-10(8-12(11)21-7-1-2-13(21)22)14(23)18-16-20-19-15(24-16)9-3-4-9/h5-6,8-9H,1-4,7H2,(H,18,20,23). The zero-order chi connectivity index (χ0) is 16.7. The fourth-order valence-corrected chi connectivity index (χ4v) is 3.84. The van der Waals surface area contributed by atoms with Gasteiger partial charge in [-0.15, -0.1) is 10.2 Å².